The van der Waals surface area contributed by atoms with Crippen molar-refractivity contribution in [1.29, 1.82) is 0 Å². The van der Waals surface area contributed by atoms with Gasteiger partial charge in [-0.05, 0) is 30.4 Å². The van der Waals surface area contributed by atoms with Gasteiger partial charge in [-0.15, -0.1) is 0 Å². The zero-order valence-electron chi connectivity index (χ0n) is 12.1. The Morgan fingerprint density at radius 3 is 2.95 bits per heavy atom. The van der Waals surface area contributed by atoms with Crippen molar-refractivity contribution in [1.82, 2.24) is 9.78 Å². The van der Waals surface area contributed by atoms with Crippen LogP contribution in [0.25, 0.3) is 0 Å². The lowest BCUT2D eigenvalue weighted by Crippen LogP contribution is -2.34. The first-order valence-corrected chi connectivity index (χ1v) is 8.08. The molecule has 1 aromatic carbocycles. The Hall–Kier alpha value is -1.33. The number of methoxy groups -OCH3 is 1. The molecule has 21 heavy (non-hydrogen) atoms. The fraction of sp³-hybridized carbons (Fsp3) is 0.438. The standard InChI is InChI=1S/C16H20BrN3O/c1-21-7-6-20-11-14(10-18-20)19-13-8-12(9-13)15-4-2-3-5-16(15)17/h2-5,10-13,19H,6-9H2,1H3. The maximum atomic E-state index is 5.06. The smallest absolute Gasteiger partial charge is 0.0728 e. The van der Waals surface area contributed by atoms with Crippen LogP contribution < -0.4 is 5.32 Å². The predicted octanol–water partition coefficient (Wildman–Crippen LogP) is 3.65. The topological polar surface area (TPSA) is 39.1 Å². The molecule has 0 unspecified atom stereocenters. The SMILES string of the molecule is COCCn1cc(NC2CC(c3ccccc3Br)C2)cn1. The van der Waals surface area contributed by atoms with Crippen LogP contribution in [-0.2, 0) is 11.3 Å². The number of halogens is 1. The molecule has 1 aliphatic carbocycles. The largest absolute Gasteiger partial charge is 0.383 e. The van der Waals surface area contributed by atoms with E-state index in [-0.39, 0.29) is 0 Å². The van der Waals surface area contributed by atoms with Gasteiger partial charge < -0.3 is 10.1 Å². The van der Waals surface area contributed by atoms with Crippen LogP contribution in [0.2, 0.25) is 0 Å². The van der Waals surface area contributed by atoms with Gasteiger partial charge in [-0.3, -0.25) is 4.68 Å². The van der Waals surface area contributed by atoms with E-state index in [4.69, 9.17) is 4.74 Å². The number of hydrogen-bond acceptors (Lipinski definition) is 3. The van der Waals surface area contributed by atoms with E-state index in [0.29, 0.717) is 18.6 Å². The minimum absolute atomic E-state index is 0.544. The van der Waals surface area contributed by atoms with Gasteiger partial charge in [-0.25, -0.2) is 0 Å². The summed E-state index contributed by atoms with van der Waals surface area (Å²) in [6, 6.07) is 9.06. The van der Waals surface area contributed by atoms with Gasteiger partial charge >= 0.3 is 0 Å². The summed E-state index contributed by atoms with van der Waals surface area (Å²) in [4.78, 5) is 0. The normalized spacial score (nSPS) is 21.0. The summed E-state index contributed by atoms with van der Waals surface area (Å²) in [6.45, 7) is 1.48. The summed E-state index contributed by atoms with van der Waals surface area (Å²) in [5.74, 6) is 0.654. The molecule has 0 amide bonds. The van der Waals surface area contributed by atoms with Crippen LogP contribution in [0, 0.1) is 0 Å². The molecule has 1 fully saturated rings. The average Bonchev–Trinajstić information content (AvgIpc) is 2.89. The zero-order chi connectivity index (χ0) is 14.7. The monoisotopic (exact) mass is 349 g/mol. The van der Waals surface area contributed by atoms with Crippen LogP contribution >= 0.6 is 15.9 Å². The molecular formula is C16H20BrN3O. The molecule has 1 N–H and O–H groups in total. The van der Waals surface area contributed by atoms with Gasteiger partial charge in [-0.1, -0.05) is 34.1 Å². The molecule has 112 valence electrons. The van der Waals surface area contributed by atoms with Gasteiger partial charge in [0, 0.05) is 23.8 Å². The molecule has 1 saturated carbocycles. The Morgan fingerprint density at radius 1 is 1.38 bits per heavy atom. The molecule has 0 aliphatic heterocycles. The van der Waals surface area contributed by atoms with Crippen LogP contribution in [0.3, 0.4) is 0 Å². The molecule has 3 rings (SSSR count). The Balaban J connectivity index is 1.51. The van der Waals surface area contributed by atoms with Crippen molar-refractivity contribution in [3.05, 3.63) is 46.7 Å². The molecule has 5 heteroatoms. The fourth-order valence-corrected chi connectivity index (χ4v) is 3.39. The number of ether oxygens (including phenoxy) is 1. The molecule has 1 aromatic heterocycles. The van der Waals surface area contributed by atoms with Crippen molar-refractivity contribution < 1.29 is 4.74 Å². The van der Waals surface area contributed by atoms with Crippen LogP contribution in [0.15, 0.2) is 41.1 Å². The third-order valence-corrected chi connectivity index (χ3v) is 4.73. The Labute approximate surface area is 133 Å². The quantitative estimate of drug-likeness (QED) is 0.864. The number of hydrogen-bond donors (Lipinski definition) is 1. The maximum absolute atomic E-state index is 5.06. The number of aromatic nitrogens is 2. The Bertz CT molecular complexity index is 593. The van der Waals surface area contributed by atoms with Crippen LogP contribution in [0.5, 0.6) is 0 Å². The first-order chi connectivity index (χ1) is 10.3. The zero-order valence-corrected chi connectivity index (χ0v) is 13.7. The third kappa shape index (κ3) is 3.47. The van der Waals surface area contributed by atoms with E-state index in [1.807, 2.05) is 17.1 Å². The van der Waals surface area contributed by atoms with Crippen molar-refractivity contribution in [2.45, 2.75) is 31.3 Å². The van der Waals surface area contributed by atoms with Crippen LogP contribution in [-0.4, -0.2) is 29.5 Å². The van der Waals surface area contributed by atoms with E-state index < -0.39 is 0 Å². The minimum Gasteiger partial charge on any atom is -0.383 e. The summed E-state index contributed by atoms with van der Waals surface area (Å²) in [6.07, 6.45) is 6.28. The van der Waals surface area contributed by atoms with Crippen molar-refractivity contribution in [3.8, 4) is 0 Å². The van der Waals surface area contributed by atoms with E-state index in [0.717, 1.165) is 12.2 Å². The molecule has 0 spiro atoms. The number of rotatable bonds is 6. The number of nitrogens with one attached hydrogen (secondary N) is 1. The van der Waals surface area contributed by atoms with E-state index in [2.05, 4.69) is 50.6 Å². The highest BCUT2D eigenvalue weighted by Crippen LogP contribution is 2.41. The number of nitrogens with zero attached hydrogens (tertiary/aromatic N) is 2. The van der Waals surface area contributed by atoms with E-state index in [9.17, 15) is 0 Å². The summed E-state index contributed by atoms with van der Waals surface area (Å²) >= 11 is 3.64. The molecule has 0 saturated heterocycles. The van der Waals surface area contributed by atoms with E-state index >= 15 is 0 Å². The second-order valence-corrected chi connectivity index (χ2v) is 6.37. The molecule has 0 bridgehead atoms. The summed E-state index contributed by atoms with van der Waals surface area (Å²) in [7, 11) is 1.71. The summed E-state index contributed by atoms with van der Waals surface area (Å²) in [5.41, 5.74) is 2.52. The minimum atomic E-state index is 0.544. The van der Waals surface area contributed by atoms with Crippen molar-refractivity contribution >= 4 is 21.6 Å². The van der Waals surface area contributed by atoms with Gasteiger partial charge in [0.2, 0.25) is 0 Å². The molecular weight excluding hydrogens is 330 g/mol. The van der Waals surface area contributed by atoms with Crippen molar-refractivity contribution in [2.24, 2.45) is 0 Å². The number of benzene rings is 1. The average molecular weight is 350 g/mol. The van der Waals surface area contributed by atoms with E-state index in [1.54, 1.807) is 7.11 Å². The molecule has 1 heterocycles. The maximum Gasteiger partial charge on any atom is 0.0728 e. The van der Waals surface area contributed by atoms with Gasteiger partial charge in [0.1, 0.15) is 0 Å². The van der Waals surface area contributed by atoms with Crippen LogP contribution in [0.1, 0.15) is 24.3 Å². The van der Waals surface area contributed by atoms with Gasteiger partial charge in [-0.2, -0.15) is 5.10 Å². The Morgan fingerprint density at radius 2 is 2.19 bits per heavy atom. The van der Waals surface area contributed by atoms with Gasteiger partial charge in [0.05, 0.1) is 25.0 Å². The highest BCUT2D eigenvalue weighted by Gasteiger charge is 2.31. The molecule has 0 atom stereocenters. The predicted molar refractivity (Wildman–Crippen MR) is 87.6 cm³/mol. The van der Waals surface area contributed by atoms with Gasteiger partial charge in [0.15, 0.2) is 0 Å². The summed E-state index contributed by atoms with van der Waals surface area (Å²) < 4.78 is 8.19. The van der Waals surface area contributed by atoms with E-state index in [1.165, 1.54) is 22.9 Å². The highest BCUT2D eigenvalue weighted by atomic mass is 79.9. The van der Waals surface area contributed by atoms with Gasteiger partial charge in [0.25, 0.3) is 0 Å². The second-order valence-electron chi connectivity index (χ2n) is 5.52. The first-order valence-electron chi connectivity index (χ1n) is 7.28. The highest BCUT2D eigenvalue weighted by molar-refractivity contribution is 9.10. The lowest BCUT2D eigenvalue weighted by atomic mass is 9.76. The lowest BCUT2D eigenvalue weighted by Gasteiger charge is -2.37. The van der Waals surface area contributed by atoms with Crippen molar-refractivity contribution in [2.75, 3.05) is 19.0 Å². The first kappa shape index (κ1) is 14.6. The second kappa shape index (κ2) is 6.62. The Kier molecular flexibility index (Phi) is 4.60. The van der Waals surface area contributed by atoms with Crippen molar-refractivity contribution in [3.63, 3.8) is 0 Å². The third-order valence-electron chi connectivity index (χ3n) is 4.01. The molecule has 4 nitrogen and oxygen atoms in total. The molecule has 1 aliphatic rings. The molecule has 2 aromatic rings. The van der Waals surface area contributed by atoms with Crippen LogP contribution in [0.4, 0.5) is 5.69 Å². The molecule has 0 radical (unpaired) electrons. The lowest BCUT2D eigenvalue weighted by molar-refractivity contribution is 0.183. The fourth-order valence-electron chi connectivity index (χ4n) is 2.78. The summed E-state index contributed by atoms with van der Waals surface area (Å²) in [5, 5.41) is 7.88. The number of anilines is 1.